The predicted molar refractivity (Wildman–Crippen MR) is 138 cm³/mol. The van der Waals surface area contributed by atoms with Crippen LogP contribution in [0.4, 0.5) is 0 Å². The van der Waals surface area contributed by atoms with E-state index in [4.69, 9.17) is 4.74 Å². The first-order valence-electron chi connectivity index (χ1n) is 13.5. The molecule has 0 spiro atoms. The maximum absolute atomic E-state index is 14.2. The number of ketones is 2. The lowest BCUT2D eigenvalue weighted by Crippen LogP contribution is -2.64. The summed E-state index contributed by atoms with van der Waals surface area (Å²) in [6.07, 6.45) is 11.0. The molecule has 5 nitrogen and oxygen atoms in total. The Balaban J connectivity index is 1.71. The van der Waals surface area contributed by atoms with Gasteiger partial charge in [-0.05, 0) is 90.9 Å². The highest BCUT2D eigenvalue weighted by atomic mass is 16.5. The van der Waals surface area contributed by atoms with Gasteiger partial charge in [-0.3, -0.25) is 14.4 Å². The van der Waals surface area contributed by atoms with E-state index in [1.807, 2.05) is 26.8 Å². The predicted octanol–water partition coefficient (Wildman–Crippen LogP) is 6.29. The Bertz CT molecular complexity index is 1170. The molecule has 196 valence electrons. The SMILES string of the molecule is COC(=O)[C@]1(C)C=C2C3=CC(=O)[C@@H]4[C@@]5(C)C=C(O)C(=O)C(C)(C)[C@@H]5CC[C@@]4(C)[C@]3(C)CC[C@@]2(C)CC1. The maximum atomic E-state index is 14.2. The van der Waals surface area contributed by atoms with Crippen molar-refractivity contribution in [3.05, 3.63) is 35.1 Å². The van der Waals surface area contributed by atoms with E-state index in [0.29, 0.717) is 0 Å². The van der Waals surface area contributed by atoms with E-state index >= 15 is 0 Å². The molecule has 0 aliphatic heterocycles. The van der Waals surface area contributed by atoms with Crippen LogP contribution in [0.2, 0.25) is 0 Å². The molecule has 0 radical (unpaired) electrons. The van der Waals surface area contributed by atoms with Crippen molar-refractivity contribution in [3.63, 3.8) is 0 Å². The summed E-state index contributed by atoms with van der Waals surface area (Å²) in [6, 6.07) is 0. The van der Waals surface area contributed by atoms with Gasteiger partial charge in [0.05, 0.1) is 12.5 Å². The molecular formula is C31H42O5. The van der Waals surface area contributed by atoms with Crippen molar-refractivity contribution in [2.75, 3.05) is 7.11 Å². The lowest BCUT2D eigenvalue weighted by atomic mass is 9.35. The molecule has 5 aliphatic carbocycles. The first kappa shape index (κ1) is 25.5. The summed E-state index contributed by atoms with van der Waals surface area (Å²) < 4.78 is 5.18. The maximum Gasteiger partial charge on any atom is 0.315 e. The average molecular weight is 495 g/mol. The largest absolute Gasteiger partial charge is 0.505 e. The third kappa shape index (κ3) is 2.86. The van der Waals surface area contributed by atoms with Crippen LogP contribution in [0.25, 0.3) is 0 Å². The number of hydrogen-bond donors (Lipinski definition) is 1. The molecular weight excluding hydrogens is 452 g/mol. The third-order valence-electron chi connectivity index (χ3n) is 12.0. The molecule has 0 saturated heterocycles. The van der Waals surface area contributed by atoms with Crippen LogP contribution in [0.1, 0.15) is 87.0 Å². The van der Waals surface area contributed by atoms with Gasteiger partial charge in [0.2, 0.25) is 5.78 Å². The van der Waals surface area contributed by atoms with Crippen molar-refractivity contribution in [1.29, 1.82) is 0 Å². The van der Waals surface area contributed by atoms with Crippen LogP contribution >= 0.6 is 0 Å². The molecule has 0 aromatic rings. The highest BCUT2D eigenvalue weighted by Crippen LogP contribution is 2.73. The first-order chi connectivity index (χ1) is 16.5. The Morgan fingerprint density at radius 2 is 1.56 bits per heavy atom. The number of hydrogen-bond acceptors (Lipinski definition) is 5. The molecule has 0 heterocycles. The number of carbonyl (C=O) groups is 3. The van der Waals surface area contributed by atoms with Crippen molar-refractivity contribution in [1.82, 2.24) is 0 Å². The second-order valence-corrected chi connectivity index (χ2v) is 14.2. The molecule has 0 amide bonds. The van der Waals surface area contributed by atoms with Crippen LogP contribution in [-0.4, -0.2) is 29.8 Å². The number of aliphatic hydroxyl groups excluding tert-OH is 1. The number of carbonyl (C=O) groups excluding carboxylic acids is 3. The van der Waals surface area contributed by atoms with E-state index in [-0.39, 0.29) is 51.4 Å². The van der Waals surface area contributed by atoms with Gasteiger partial charge in [0.15, 0.2) is 11.5 Å². The summed E-state index contributed by atoms with van der Waals surface area (Å²) in [5.41, 5.74) is -0.457. The minimum absolute atomic E-state index is 0.0145. The van der Waals surface area contributed by atoms with Crippen LogP contribution in [-0.2, 0) is 19.1 Å². The van der Waals surface area contributed by atoms with E-state index in [0.717, 1.165) is 49.7 Å². The molecule has 5 heteroatoms. The Morgan fingerprint density at radius 3 is 2.19 bits per heavy atom. The molecule has 0 unspecified atom stereocenters. The highest BCUT2D eigenvalue weighted by molar-refractivity contribution is 6.01. The van der Waals surface area contributed by atoms with Crippen molar-refractivity contribution in [2.45, 2.75) is 87.0 Å². The van der Waals surface area contributed by atoms with Gasteiger partial charge in [0.25, 0.3) is 0 Å². The summed E-state index contributed by atoms with van der Waals surface area (Å²) in [4.78, 5) is 39.9. The van der Waals surface area contributed by atoms with E-state index in [2.05, 4.69) is 33.8 Å². The topological polar surface area (TPSA) is 80.7 Å². The molecule has 0 aromatic carbocycles. The molecule has 0 bridgehead atoms. The quantitative estimate of drug-likeness (QED) is 0.433. The fourth-order valence-corrected chi connectivity index (χ4v) is 9.48. The van der Waals surface area contributed by atoms with Gasteiger partial charge in [-0.25, -0.2) is 0 Å². The lowest BCUT2D eigenvalue weighted by Gasteiger charge is -2.67. The lowest BCUT2D eigenvalue weighted by molar-refractivity contribution is -0.166. The minimum Gasteiger partial charge on any atom is -0.505 e. The smallest absolute Gasteiger partial charge is 0.315 e. The number of allylic oxidation sites excluding steroid dienone is 5. The fourth-order valence-electron chi connectivity index (χ4n) is 9.48. The molecule has 0 aromatic heterocycles. The Kier molecular flexibility index (Phi) is 5.12. The Hall–Kier alpha value is -2.17. The summed E-state index contributed by atoms with van der Waals surface area (Å²) in [7, 11) is 1.44. The van der Waals surface area contributed by atoms with Crippen LogP contribution in [0.15, 0.2) is 35.1 Å². The van der Waals surface area contributed by atoms with Gasteiger partial charge < -0.3 is 9.84 Å². The van der Waals surface area contributed by atoms with Crippen LogP contribution in [0.5, 0.6) is 0 Å². The first-order valence-corrected chi connectivity index (χ1v) is 13.5. The normalized spacial score (nSPS) is 47.3. The van der Waals surface area contributed by atoms with Crippen LogP contribution < -0.4 is 0 Å². The summed E-state index contributed by atoms with van der Waals surface area (Å²) in [6.45, 7) is 14.8. The standard InChI is InChI=1S/C31H42O5/c1-26(2)22-9-10-31(7)23(29(22,5)17-21(33)24(26)34)20(32)15-18-19-16-28(4,25(35)36-8)12-11-27(19,3)13-14-30(18,31)6/h15-17,22-23,33H,9-14H2,1-8H3/t22-,23+,27+,28-,29-,30+,31+/m0/s1. The van der Waals surface area contributed by atoms with Gasteiger partial charge in [0.1, 0.15) is 0 Å². The summed E-state index contributed by atoms with van der Waals surface area (Å²) in [5.74, 6) is -0.898. The number of ether oxygens (including phenoxy) is 1. The molecule has 2 saturated carbocycles. The van der Waals surface area contributed by atoms with Crippen LogP contribution in [0.3, 0.4) is 0 Å². The number of Topliss-reactive ketones (excluding diaryl/α,β-unsaturated/α-hetero) is 1. The van der Waals surface area contributed by atoms with Crippen molar-refractivity contribution < 1.29 is 24.2 Å². The van der Waals surface area contributed by atoms with Gasteiger partial charge >= 0.3 is 5.97 Å². The molecule has 5 aliphatic rings. The monoisotopic (exact) mass is 494 g/mol. The van der Waals surface area contributed by atoms with Gasteiger partial charge in [-0.2, -0.15) is 0 Å². The van der Waals surface area contributed by atoms with E-state index in [9.17, 15) is 19.5 Å². The average Bonchev–Trinajstić information content (AvgIpc) is 2.79. The number of rotatable bonds is 1. The van der Waals surface area contributed by atoms with Crippen LogP contribution in [0, 0.1) is 44.3 Å². The summed E-state index contributed by atoms with van der Waals surface area (Å²) >= 11 is 0. The summed E-state index contributed by atoms with van der Waals surface area (Å²) in [5, 5.41) is 10.7. The second kappa shape index (κ2) is 7.23. The van der Waals surface area contributed by atoms with Gasteiger partial charge in [-0.15, -0.1) is 0 Å². The number of fused-ring (bicyclic) bond motifs is 7. The molecule has 1 N–H and O–H groups in total. The Labute approximate surface area is 215 Å². The van der Waals surface area contributed by atoms with E-state index in [1.165, 1.54) is 7.11 Å². The van der Waals surface area contributed by atoms with E-state index < -0.39 is 16.2 Å². The molecule has 36 heavy (non-hydrogen) atoms. The zero-order valence-corrected chi connectivity index (χ0v) is 23.2. The molecule has 7 atom stereocenters. The highest BCUT2D eigenvalue weighted by Gasteiger charge is 2.69. The Morgan fingerprint density at radius 1 is 0.917 bits per heavy atom. The van der Waals surface area contributed by atoms with Crippen molar-refractivity contribution in [2.24, 2.45) is 44.3 Å². The van der Waals surface area contributed by atoms with Gasteiger partial charge in [-0.1, -0.05) is 47.6 Å². The molecule has 2 fully saturated rings. The number of methoxy groups -OCH3 is 1. The van der Waals surface area contributed by atoms with E-state index in [1.54, 1.807) is 6.08 Å². The number of esters is 1. The zero-order chi connectivity index (χ0) is 26.7. The second-order valence-electron chi connectivity index (χ2n) is 14.2. The molecule has 5 rings (SSSR count). The number of aliphatic hydroxyl groups is 1. The van der Waals surface area contributed by atoms with Crippen molar-refractivity contribution in [3.8, 4) is 0 Å². The third-order valence-corrected chi connectivity index (χ3v) is 12.0. The van der Waals surface area contributed by atoms with Gasteiger partial charge in [0, 0.05) is 16.7 Å². The van der Waals surface area contributed by atoms with Crippen molar-refractivity contribution >= 4 is 17.5 Å². The fraction of sp³-hybridized carbons (Fsp3) is 0.710. The minimum atomic E-state index is -0.723. The zero-order valence-electron chi connectivity index (χ0n) is 23.2.